The van der Waals surface area contributed by atoms with Crippen LogP contribution in [0.15, 0.2) is 53.9 Å². The van der Waals surface area contributed by atoms with Crippen molar-refractivity contribution in [3.63, 3.8) is 0 Å². The molecule has 216 valence electrons. The fourth-order valence-electron chi connectivity index (χ4n) is 4.16. The third-order valence-electron chi connectivity index (χ3n) is 6.11. The molecule has 1 aliphatic heterocycles. The summed E-state index contributed by atoms with van der Waals surface area (Å²) in [5, 5.41) is 6.44. The van der Waals surface area contributed by atoms with E-state index in [-0.39, 0.29) is 34.6 Å². The van der Waals surface area contributed by atoms with Crippen LogP contribution in [0.25, 0.3) is 11.3 Å². The highest BCUT2D eigenvalue weighted by Crippen LogP contribution is 2.36. The number of anilines is 1. The first-order chi connectivity index (χ1) is 19.4. The Kier molecular flexibility index (Phi) is 8.81. The summed E-state index contributed by atoms with van der Waals surface area (Å²) >= 11 is 5.84. The Morgan fingerprint density at radius 2 is 2.05 bits per heavy atom. The van der Waals surface area contributed by atoms with Gasteiger partial charge in [0.25, 0.3) is 5.91 Å². The standard InChI is InChI=1S/C26H26ClF3N8O3/c1-13(24(32)38-7-3-4-20(38)39)8-15(31)11-37-12-16(9-34-37)35-25(40)23-14(2)33-10-18(36-23)21-19(41-26(29)30)6-5-17(27)22(21)28/h5-6,8-10,12,26H,3-4,7,11,31-32H2,1-2H3,(H,35,40)/b15-8-,24-13+. The lowest BCUT2D eigenvalue weighted by atomic mass is 10.1. The number of carbonyl (C=O) groups excluding carboxylic acids is 2. The maximum absolute atomic E-state index is 14.8. The number of ether oxygens (including phenoxy) is 1. The van der Waals surface area contributed by atoms with Crippen LogP contribution in [0, 0.1) is 12.7 Å². The van der Waals surface area contributed by atoms with Crippen LogP contribution in [0.4, 0.5) is 18.9 Å². The van der Waals surface area contributed by atoms with Crippen LogP contribution < -0.4 is 21.5 Å². The Bertz CT molecular complexity index is 1560. The number of rotatable bonds is 9. The van der Waals surface area contributed by atoms with Crippen molar-refractivity contribution in [3.8, 4) is 17.0 Å². The minimum absolute atomic E-state index is 0.0358. The number of nitrogens with zero attached hydrogens (tertiary/aromatic N) is 5. The van der Waals surface area contributed by atoms with Gasteiger partial charge in [-0.2, -0.15) is 13.9 Å². The van der Waals surface area contributed by atoms with Crippen molar-refractivity contribution in [1.29, 1.82) is 0 Å². The van der Waals surface area contributed by atoms with Gasteiger partial charge in [-0.25, -0.2) is 9.37 Å². The highest BCUT2D eigenvalue weighted by Gasteiger charge is 2.24. The zero-order chi connectivity index (χ0) is 29.8. The molecule has 0 radical (unpaired) electrons. The van der Waals surface area contributed by atoms with Gasteiger partial charge < -0.3 is 21.5 Å². The predicted molar refractivity (Wildman–Crippen MR) is 144 cm³/mol. The van der Waals surface area contributed by atoms with Gasteiger partial charge in [0.1, 0.15) is 17.3 Å². The van der Waals surface area contributed by atoms with Crippen LogP contribution >= 0.6 is 11.6 Å². The second kappa shape index (κ2) is 12.3. The van der Waals surface area contributed by atoms with Crippen molar-refractivity contribution in [2.75, 3.05) is 11.9 Å². The van der Waals surface area contributed by atoms with E-state index in [1.54, 1.807) is 13.0 Å². The molecule has 15 heteroatoms. The maximum Gasteiger partial charge on any atom is 0.387 e. The van der Waals surface area contributed by atoms with Gasteiger partial charge in [-0.1, -0.05) is 11.6 Å². The lowest BCUT2D eigenvalue weighted by molar-refractivity contribution is -0.126. The van der Waals surface area contributed by atoms with E-state index >= 15 is 0 Å². The van der Waals surface area contributed by atoms with Gasteiger partial charge in [0.2, 0.25) is 5.91 Å². The number of allylic oxidation sites excluding steroid dienone is 3. The summed E-state index contributed by atoms with van der Waals surface area (Å²) in [7, 11) is 0. The highest BCUT2D eigenvalue weighted by molar-refractivity contribution is 6.31. The molecule has 4 rings (SSSR count). The average Bonchev–Trinajstić information content (AvgIpc) is 3.54. The molecule has 1 aliphatic rings. The highest BCUT2D eigenvalue weighted by atomic mass is 35.5. The molecule has 0 spiro atoms. The summed E-state index contributed by atoms with van der Waals surface area (Å²) in [6, 6.07) is 2.13. The Morgan fingerprint density at radius 1 is 1.29 bits per heavy atom. The number of hydrogen-bond acceptors (Lipinski definition) is 8. The summed E-state index contributed by atoms with van der Waals surface area (Å²) < 4.78 is 46.5. The van der Waals surface area contributed by atoms with Crippen molar-refractivity contribution in [2.45, 2.75) is 39.8 Å². The molecule has 3 aromatic rings. The maximum atomic E-state index is 14.8. The lowest BCUT2D eigenvalue weighted by Crippen LogP contribution is -2.29. The van der Waals surface area contributed by atoms with Gasteiger partial charge in [0, 0.05) is 24.9 Å². The first kappa shape index (κ1) is 29.4. The normalized spacial score (nSPS) is 14.5. The van der Waals surface area contributed by atoms with Crippen LogP contribution in [0.5, 0.6) is 5.75 Å². The fraction of sp³-hybridized carbons (Fsp3) is 0.269. The van der Waals surface area contributed by atoms with E-state index in [4.69, 9.17) is 23.1 Å². The Hall–Kier alpha value is -4.59. The number of likely N-dealkylation sites (tertiary alicyclic amines) is 1. The lowest BCUT2D eigenvalue weighted by Gasteiger charge is -2.17. The smallest absolute Gasteiger partial charge is 0.387 e. The molecule has 0 atom stereocenters. The van der Waals surface area contributed by atoms with E-state index in [1.807, 2.05) is 0 Å². The van der Waals surface area contributed by atoms with E-state index in [1.165, 1.54) is 28.9 Å². The molecule has 3 heterocycles. The number of alkyl halides is 2. The molecule has 0 bridgehead atoms. The number of benzene rings is 1. The van der Waals surface area contributed by atoms with E-state index < -0.39 is 29.6 Å². The molecule has 1 saturated heterocycles. The summed E-state index contributed by atoms with van der Waals surface area (Å²) in [4.78, 5) is 34.7. The van der Waals surface area contributed by atoms with E-state index in [0.29, 0.717) is 35.7 Å². The van der Waals surface area contributed by atoms with E-state index in [0.717, 1.165) is 24.8 Å². The monoisotopic (exact) mass is 590 g/mol. The number of nitrogens with one attached hydrogen (secondary N) is 1. The first-order valence-corrected chi connectivity index (χ1v) is 12.7. The molecule has 2 aromatic heterocycles. The molecular weight excluding hydrogens is 565 g/mol. The summed E-state index contributed by atoms with van der Waals surface area (Å²) in [5.74, 6) is -1.97. The number of carbonyl (C=O) groups is 2. The molecule has 0 aliphatic carbocycles. The van der Waals surface area contributed by atoms with Gasteiger partial charge in [-0.05, 0) is 44.1 Å². The SMILES string of the molecule is CC(/C=C(\N)Cn1cc(NC(=O)c2nc(-c3c(OC(F)F)ccc(Cl)c3F)cnc2C)cn1)=C(/N)N1CCCC1=O. The minimum Gasteiger partial charge on any atom is -0.434 e. The summed E-state index contributed by atoms with van der Waals surface area (Å²) in [6.45, 7) is 0.732. The second-order valence-corrected chi connectivity index (χ2v) is 9.53. The van der Waals surface area contributed by atoms with Crippen molar-refractivity contribution >= 4 is 29.1 Å². The largest absolute Gasteiger partial charge is 0.434 e. The molecular formula is C26H26ClF3N8O3. The number of hydrogen-bond donors (Lipinski definition) is 3. The van der Waals surface area contributed by atoms with Gasteiger partial charge >= 0.3 is 6.61 Å². The number of nitrogens with two attached hydrogens (primary N) is 2. The van der Waals surface area contributed by atoms with Gasteiger partial charge in [0.15, 0.2) is 5.82 Å². The average molecular weight is 591 g/mol. The Balaban J connectivity index is 1.51. The minimum atomic E-state index is -3.23. The summed E-state index contributed by atoms with van der Waals surface area (Å²) in [5.41, 5.74) is 12.9. The molecule has 0 unspecified atom stereocenters. The number of aromatic nitrogens is 4. The van der Waals surface area contributed by atoms with Gasteiger partial charge in [0.05, 0.1) is 46.6 Å². The molecule has 41 heavy (non-hydrogen) atoms. The van der Waals surface area contributed by atoms with Crippen LogP contribution in [0.2, 0.25) is 5.02 Å². The third kappa shape index (κ3) is 6.77. The predicted octanol–water partition coefficient (Wildman–Crippen LogP) is 3.95. The van der Waals surface area contributed by atoms with Crippen LogP contribution in [-0.4, -0.2) is 49.6 Å². The molecule has 11 nitrogen and oxygen atoms in total. The van der Waals surface area contributed by atoms with E-state index in [9.17, 15) is 22.8 Å². The van der Waals surface area contributed by atoms with Crippen molar-refractivity contribution in [1.82, 2.24) is 24.6 Å². The van der Waals surface area contributed by atoms with Crippen LogP contribution in [0.3, 0.4) is 0 Å². The van der Waals surface area contributed by atoms with E-state index in [2.05, 4.69) is 25.1 Å². The number of amides is 2. The number of aryl methyl sites for hydroxylation is 1. The molecule has 5 N–H and O–H groups in total. The second-order valence-electron chi connectivity index (χ2n) is 9.12. The molecule has 1 fully saturated rings. The Labute approximate surface area is 237 Å². The zero-order valence-corrected chi connectivity index (χ0v) is 22.8. The van der Waals surface area contributed by atoms with Gasteiger partial charge in [-0.3, -0.25) is 24.2 Å². The topological polar surface area (TPSA) is 154 Å². The zero-order valence-electron chi connectivity index (χ0n) is 22.0. The molecule has 1 aromatic carbocycles. The third-order valence-corrected chi connectivity index (χ3v) is 6.40. The van der Waals surface area contributed by atoms with Crippen molar-refractivity contribution < 1.29 is 27.5 Å². The van der Waals surface area contributed by atoms with Crippen molar-refractivity contribution in [2.24, 2.45) is 11.5 Å². The van der Waals surface area contributed by atoms with Gasteiger partial charge in [-0.15, -0.1) is 0 Å². The van der Waals surface area contributed by atoms with Crippen LogP contribution in [-0.2, 0) is 11.3 Å². The summed E-state index contributed by atoms with van der Waals surface area (Å²) in [6.07, 6.45) is 6.86. The number of halogens is 4. The first-order valence-electron chi connectivity index (χ1n) is 12.3. The molecule has 2 amide bonds. The van der Waals surface area contributed by atoms with Crippen LogP contribution in [0.1, 0.15) is 35.9 Å². The van der Waals surface area contributed by atoms with Crippen molar-refractivity contribution in [3.05, 3.63) is 76.1 Å². The Morgan fingerprint density at radius 3 is 2.73 bits per heavy atom. The molecule has 0 saturated carbocycles. The fourth-order valence-corrected chi connectivity index (χ4v) is 4.31. The quantitative estimate of drug-likeness (QED) is 0.317.